The highest BCUT2D eigenvalue weighted by molar-refractivity contribution is 5.96. The minimum Gasteiger partial charge on any atom is -0.343 e. The van der Waals surface area contributed by atoms with Crippen molar-refractivity contribution in [3.8, 4) is 0 Å². The lowest BCUT2D eigenvalue weighted by Gasteiger charge is -2.39. The number of amides is 1. The molecular formula is C21H26N5O+. The number of allylic oxidation sites excluding steroid dienone is 1. The van der Waals surface area contributed by atoms with Crippen LogP contribution in [0.2, 0.25) is 0 Å². The van der Waals surface area contributed by atoms with Gasteiger partial charge < -0.3 is 5.32 Å². The number of hydrogen-bond donors (Lipinski definition) is 2. The maximum atomic E-state index is 13.1. The number of carbonyl (C=O) groups is 1. The molecule has 3 heterocycles. The van der Waals surface area contributed by atoms with Gasteiger partial charge in [-0.2, -0.15) is 9.69 Å². The van der Waals surface area contributed by atoms with E-state index in [-0.39, 0.29) is 11.9 Å². The van der Waals surface area contributed by atoms with E-state index in [1.807, 2.05) is 24.6 Å². The Morgan fingerprint density at radius 2 is 2.15 bits per heavy atom. The zero-order valence-electron chi connectivity index (χ0n) is 16.3. The van der Waals surface area contributed by atoms with Crippen LogP contribution in [0.3, 0.4) is 0 Å². The van der Waals surface area contributed by atoms with Crippen LogP contribution in [0, 0.1) is 0 Å². The van der Waals surface area contributed by atoms with Gasteiger partial charge in [-0.3, -0.25) is 9.89 Å². The summed E-state index contributed by atoms with van der Waals surface area (Å²) in [7, 11) is 0. The molecule has 6 nitrogen and oxygen atoms in total. The molecule has 0 saturated heterocycles. The summed E-state index contributed by atoms with van der Waals surface area (Å²) in [5.41, 5.74) is 3.60. The van der Waals surface area contributed by atoms with Crippen LogP contribution in [-0.4, -0.2) is 39.5 Å². The van der Waals surface area contributed by atoms with E-state index in [2.05, 4.69) is 66.6 Å². The summed E-state index contributed by atoms with van der Waals surface area (Å²) in [4.78, 5) is 13.1. The van der Waals surface area contributed by atoms with Gasteiger partial charge in [0.2, 0.25) is 0 Å². The molecule has 1 aromatic carbocycles. The molecule has 0 bridgehead atoms. The summed E-state index contributed by atoms with van der Waals surface area (Å²) in [6.07, 6.45) is 8.43. The smallest absolute Gasteiger partial charge is 0.253 e. The van der Waals surface area contributed by atoms with E-state index in [4.69, 9.17) is 0 Å². The molecule has 2 aliphatic rings. The molecule has 140 valence electrons. The summed E-state index contributed by atoms with van der Waals surface area (Å²) in [5, 5.41) is 16.1. The number of fused-ring (bicyclic) bond motifs is 1. The van der Waals surface area contributed by atoms with Gasteiger partial charge in [-0.25, -0.2) is 0 Å². The van der Waals surface area contributed by atoms with Crippen molar-refractivity contribution >= 4 is 23.0 Å². The molecule has 2 aliphatic heterocycles. The van der Waals surface area contributed by atoms with Crippen molar-refractivity contribution in [2.24, 2.45) is 5.10 Å². The third-order valence-electron chi connectivity index (χ3n) is 5.89. The lowest BCUT2D eigenvalue weighted by Crippen LogP contribution is -2.52. The summed E-state index contributed by atoms with van der Waals surface area (Å²) in [6.45, 7) is 9.00. The standard InChI is InChI=1S/C21H25N5O/c1-14(2)26(9-5-8-23-26)13-18-15(3)11-21(4,24-20(18)27)17-7-6-16-12-22-25-19(16)10-17/h5-10,12,14H,11,13H2,1-4H3,(H-,22,24,25,27)/p+1. The SMILES string of the molecule is CC1=C(C[N+]2(C(C)C)C=CC=N2)C(=O)NC(C)(c2ccc3cn[nH]c3c2)C1. The number of quaternary nitrogens is 1. The third-order valence-corrected chi connectivity index (χ3v) is 5.89. The molecule has 27 heavy (non-hydrogen) atoms. The molecule has 4 rings (SSSR count). The largest absolute Gasteiger partial charge is 0.343 e. The fourth-order valence-electron chi connectivity index (χ4n) is 4.09. The number of rotatable bonds is 4. The Bertz CT molecular complexity index is 985. The molecule has 2 atom stereocenters. The van der Waals surface area contributed by atoms with E-state index < -0.39 is 5.54 Å². The van der Waals surface area contributed by atoms with Crippen molar-refractivity contribution in [3.63, 3.8) is 0 Å². The Hall–Kier alpha value is -2.73. The maximum absolute atomic E-state index is 13.1. The summed E-state index contributed by atoms with van der Waals surface area (Å²) in [5.74, 6) is -0.000363. The number of H-pyrrole nitrogens is 1. The fraction of sp³-hybridized carbons (Fsp3) is 0.381. The lowest BCUT2D eigenvalue weighted by atomic mass is 9.80. The van der Waals surface area contributed by atoms with Crippen molar-refractivity contribution in [2.45, 2.75) is 45.7 Å². The molecular weight excluding hydrogens is 338 g/mol. The normalized spacial score (nSPS) is 27.8. The first kappa shape index (κ1) is 17.7. The first-order chi connectivity index (χ1) is 12.8. The summed E-state index contributed by atoms with van der Waals surface area (Å²) < 4.78 is 0.441. The van der Waals surface area contributed by atoms with Gasteiger partial charge in [-0.05, 0) is 45.7 Å². The van der Waals surface area contributed by atoms with Crippen molar-refractivity contribution in [1.82, 2.24) is 15.5 Å². The minimum atomic E-state index is -0.434. The Kier molecular flexibility index (Phi) is 4.03. The van der Waals surface area contributed by atoms with Crippen LogP contribution in [-0.2, 0) is 10.3 Å². The van der Waals surface area contributed by atoms with Crippen LogP contribution in [0.5, 0.6) is 0 Å². The maximum Gasteiger partial charge on any atom is 0.253 e. The van der Waals surface area contributed by atoms with Crippen molar-refractivity contribution < 1.29 is 9.39 Å². The highest BCUT2D eigenvalue weighted by Gasteiger charge is 2.41. The number of nitrogens with one attached hydrogen (secondary N) is 2. The predicted octanol–water partition coefficient (Wildman–Crippen LogP) is 3.35. The zero-order chi connectivity index (χ0) is 19.2. The monoisotopic (exact) mass is 364 g/mol. The van der Waals surface area contributed by atoms with Gasteiger partial charge in [0, 0.05) is 11.5 Å². The fourth-order valence-corrected chi connectivity index (χ4v) is 4.09. The van der Waals surface area contributed by atoms with E-state index in [0.717, 1.165) is 34.0 Å². The highest BCUT2D eigenvalue weighted by atomic mass is 16.2. The number of nitrogens with zero attached hydrogens (tertiary/aromatic N) is 3. The summed E-state index contributed by atoms with van der Waals surface area (Å²) >= 11 is 0. The number of carbonyl (C=O) groups excluding carboxylic acids is 1. The number of aromatic nitrogens is 2. The Balaban J connectivity index is 1.67. The second kappa shape index (κ2) is 6.16. The third kappa shape index (κ3) is 2.90. The van der Waals surface area contributed by atoms with Crippen LogP contribution in [0.1, 0.15) is 39.7 Å². The molecule has 1 aromatic heterocycles. The average Bonchev–Trinajstić information content (AvgIpc) is 3.27. The van der Waals surface area contributed by atoms with Crippen molar-refractivity contribution in [1.29, 1.82) is 0 Å². The molecule has 0 spiro atoms. The predicted molar refractivity (Wildman–Crippen MR) is 107 cm³/mol. The van der Waals surface area contributed by atoms with Crippen molar-refractivity contribution in [2.75, 3.05) is 6.54 Å². The Morgan fingerprint density at radius 1 is 1.33 bits per heavy atom. The Labute approximate surface area is 159 Å². The van der Waals surface area contributed by atoms with Crippen LogP contribution in [0.25, 0.3) is 10.9 Å². The molecule has 2 aromatic rings. The average molecular weight is 364 g/mol. The van der Waals surface area contributed by atoms with Gasteiger partial charge in [0.1, 0.15) is 18.8 Å². The first-order valence-corrected chi connectivity index (χ1v) is 9.39. The molecule has 1 amide bonds. The zero-order valence-corrected chi connectivity index (χ0v) is 16.3. The minimum absolute atomic E-state index is 0.000363. The molecule has 2 N–H and O–H groups in total. The lowest BCUT2D eigenvalue weighted by molar-refractivity contribution is -0.899. The molecule has 0 fully saturated rings. The number of aromatic amines is 1. The first-order valence-electron chi connectivity index (χ1n) is 9.39. The van der Waals surface area contributed by atoms with E-state index in [0.29, 0.717) is 11.1 Å². The molecule has 6 heteroatoms. The molecule has 2 unspecified atom stereocenters. The molecule has 0 radical (unpaired) electrons. The molecule has 0 aliphatic carbocycles. The second-order valence-electron chi connectivity index (χ2n) is 8.14. The van der Waals surface area contributed by atoms with Crippen LogP contribution >= 0.6 is 0 Å². The van der Waals surface area contributed by atoms with Gasteiger partial charge in [-0.1, -0.05) is 22.8 Å². The van der Waals surface area contributed by atoms with Crippen LogP contribution < -0.4 is 5.32 Å². The van der Waals surface area contributed by atoms with Crippen molar-refractivity contribution in [3.05, 3.63) is 53.4 Å². The molecule has 0 saturated carbocycles. The van der Waals surface area contributed by atoms with E-state index in [1.54, 1.807) is 0 Å². The van der Waals surface area contributed by atoms with Gasteiger partial charge in [0.05, 0.1) is 29.0 Å². The highest BCUT2D eigenvalue weighted by Crippen LogP contribution is 2.36. The van der Waals surface area contributed by atoms with Gasteiger partial charge >= 0.3 is 0 Å². The van der Waals surface area contributed by atoms with E-state index in [9.17, 15) is 4.79 Å². The van der Waals surface area contributed by atoms with Gasteiger partial charge in [0.25, 0.3) is 5.91 Å². The van der Waals surface area contributed by atoms with Crippen LogP contribution in [0.15, 0.2) is 52.9 Å². The van der Waals surface area contributed by atoms with E-state index >= 15 is 0 Å². The summed E-state index contributed by atoms with van der Waals surface area (Å²) in [6, 6.07) is 6.47. The quantitative estimate of drug-likeness (QED) is 0.817. The Morgan fingerprint density at radius 3 is 2.81 bits per heavy atom. The van der Waals surface area contributed by atoms with E-state index in [1.165, 1.54) is 0 Å². The van der Waals surface area contributed by atoms with Gasteiger partial charge in [-0.15, -0.1) is 0 Å². The topological polar surface area (TPSA) is 70.1 Å². The second-order valence-corrected chi connectivity index (χ2v) is 8.14. The number of hydrogen-bond acceptors (Lipinski definition) is 3. The number of benzene rings is 1. The van der Waals surface area contributed by atoms with Crippen LogP contribution in [0.4, 0.5) is 0 Å². The van der Waals surface area contributed by atoms with Gasteiger partial charge in [0.15, 0.2) is 0 Å².